The molecule has 2 N–H and O–H groups in total. The van der Waals surface area contributed by atoms with Crippen LogP contribution in [-0.4, -0.2) is 21.0 Å². The molecule has 0 saturated carbocycles. The van der Waals surface area contributed by atoms with E-state index >= 15 is 0 Å². The van der Waals surface area contributed by atoms with Crippen LogP contribution < -0.4 is 5.73 Å². The molecule has 0 atom stereocenters. The highest BCUT2D eigenvalue weighted by Gasteiger charge is 2.16. The first kappa shape index (κ1) is 8.66. The first-order valence-electron chi connectivity index (χ1n) is 3.38. The molecule has 12 heavy (non-hydrogen) atoms. The van der Waals surface area contributed by atoms with E-state index < -0.39 is 4.92 Å². The van der Waals surface area contributed by atoms with Crippen molar-refractivity contribution >= 4 is 5.95 Å². The number of aromatic nitrogens is 2. The summed E-state index contributed by atoms with van der Waals surface area (Å²) in [6.45, 7) is 4.29. The lowest BCUT2D eigenvalue weighted by atomic mass is 10.5. The molecule has 0 aliphatic carbocycles. The summed E-state index contributed by atoms with van der Waals surface area (Å²) in [5.41, 5.74) is 5.77. The van der Waals surface area contributed by atoms with E-state index in [1.54, 1.807) is 0 Å². The van der Waals surface area contributed by atoms with Crippen LogP contribution in [0.3, 0.4) is 0 Å². The van der Waals surface area contributed by atoms with Gasteiger partial charge in [0.15, 0.2) is 0 Å². The number of nitro groups is 1. The minimum Gasteiger partial charge on any atom is -0.390 e. The summed E-state index contributed by atoms with van der Waals surface area (Å²) in [4.78, 5) is 13.4. The van der Waals surface area contributed by atoms with Gasteiger partial charge in [0, 0.05) is 13.5 Å². The normalized spacial score (nSPS) is 10.2. The quantitative estimate of drug-likeness (QED) is 0.507. The van der Waals surface area contributed by atoms with E-state index in [2.05, 4.69) is 11.9 Å². The minimum atomic E-state index is -0.551. The Bertz CT molecular complexity index is 294. The zero-order chi connectivity index (χ0) is 9.14. The van der Waals surface area contributed by atoms with E-state index in [0.717, 1.165) is 0 Å². The third kappa shape index (κ3) is 1.42. The predicted molar refractivity (Wildman–Crippen MR) is 42.4 cm³/mol. The second-order valence-electron chi connectivity index (χ2n) is 2.25. The average Bonchev–Trinajstić information content (AvgIpc) is 2.34. The number of nitrogens with zero attached hydrogens (tertiary/aromatic N) is 3. The van der Waals surface area contributed by atoms with Gasteiger partial charge < -0.3 is 15.8 Å². The smallest absolute Gasteiger partial charge is 0.390 e. The Balaban J connectivity index is 3.03. The summed E-state index contributed by atoms with van der Waals surface area (Å²) < 4.78 is 1.38. The van der Waals surface area contributed by atoms with Crippen LogP contribution in [0.2, 0.25) is 0 Å². The first-order chi connectivity index (χ1) is 5.66. The zero-order valence-electron chi connectivity index (χ0n) is 6.43. The second-order valence-corrected chi connectivity index (χ2v) is 2.25. The molecule has 0 aromatic carbocycles. The molecule has 0 amide bonds. The van der Waals surface area contributed by atoms with E-state index in [1.165, 1.54) is 10.8 Å². The number of hydrogen-bond donors (Lipinski definition) is 1. The Labute approximate surface area is 69.2 Å². The molecule has 0 spiro atoms. The van der Waals surface area contributed by atoms with Crippen molar-refractivity contribution in [1.82, 2.24) is 9.55 Å². The number of imidazole rings is 1. The van der Waals surface area contributed by atoms with Gasteiger partial charge in [-0.2, -0.15) is 0 Å². The van der Waals surface area contributed by atoms with Gasteiger partial charge in [-0.15, -0.1) is 0 Å². The van der Waals surface area contributed by atoms with Crippen LogP contribution in [0.4, 0.5) is 5.95 Å². The monoisotopic (exact) mass is 169 g/mol. The molecule has 6 heteroatoms. The van der Waals surface area contributed by atoms with Gasteiger partial charge in [-0.25, -0.2) is 4.57 Å². The van der Waals surface area contributed by atoms with Crippen molar-refractivity contribution in [2.24, 2.45) is 5.73 Å². The molecule has 0 unspecified atom stereocenters. The van der Waals surface area contributed by atoms with Crippen LogP contribution in [0, 0.1) is 17.0 Å². The summed E-state index contributed by atoms with van der Waals surface area (Å²) in [7, 11) is 0. The zero-order valence-corrected chi connectivity index (χ0v) is 6.43. The molecular weight excluding hydrogens is 160 g/mol. The standard InChI is InChI=1S/C6H9N4O2/c1-5-4-8-6(10(11)12)9(5)3-2-7/h4H,1-3,7H2. The van der Waals surface area contributed by atoms with Gasteiger partial charge in [-0.3, -0.25) is 0 Å². The Morgan fingerprint density at radius 3 is 3.00 bits per heavy atom. The summed E-state index contributed by atoms with van der Waals surface area (Å²) in [5, 5.41) is 10.4. The minimum absolute atomic E-state index is 0.203. The molecule has 0 aliphatic rings. The average molecular weight is 169 g/mol. The van der Waals surface area contributed by atoms with Gasteiger partial charge in [0.25, 0.3) is 0 Å². The molecule has 1 radical (unpaired) electrons. The highest BCUT2D eigenvalue weighted by atomic mass is 16.6. The summed E-state index contributed by atoms with van der Waals surface area (Å²) in [6, 6.07) is 0. The van der Waals surface area contributed by atoms with Crippen LogP contribution in [0.1, 0.15) is 5.69 Å². The van der Waals surface area contributed by atoms with Gasteiger partial charge in [0.2, 0.25) is 0 Å². The predicted octanol–water partition coefficient (Wildman–Crippen LogP) is -0.0678. The number of nitrogens with two attached hydrogens (primary N) is 1. The summed E-state index contributed by atoms with van der Waals surface area (Å²) >= 11 is 0. The molecule has 0 aliphatic heterocycles. The molecule has 1 aromatic heterocycles. The van der Waals surface area contributed by atoms with Crippen LogP contribution in [0.25, 0.3) is 0 Å². The fourth-order valence-electron chi connectivity index (χ4n) is 0.918. The molecule has 1 aromatic rings. The molecule has 0 bridgehead atoms. The van der Waals surface area contributed by atoms with Gasteiger partial charge in [-0.1, -0.05) is 4.98 Å². The van der Waals surface area contributed by atoms with Gasteiger partial charge in [0.1, 0.15) is 11.9 Å². The van der Waals surface area contributed by atoms with Crippen molar-refractivity contribution in [3.05, 3.63) is 28.9 Å². The van der Waals surface area contributed by atoms with Crippen molar-refractivity contribution in [3.63, 3.8) is 0 Å². The first-order valence-corrected chi connectivity index (χ1v) is 3.38. The molecule has 6 nitrogen and oxygen atoms in total. The fraction of sp³-hybridized carbons (Fsp3) is 0.333. The van der Waals surface area contributed by atoms with Gasteiger partial charge >= 0.3 is 5.95 Å². The van der Waals surface area contributed by atoms with Crippen LogP contribution in [0.5, 0.6) is 0 Å². The molecular formula is C6H9N4O2. The van der Waals surface area contributed by atoms with Crippen molar-refractivity contribution in [1.29, 1.82) is 0 Å². The topological polar surface area (TPSA) is 87.0 Å². The molecule has 0 fully saturated rings. The maximum absolute atomic E-state index is 10.4. The van der Waals surface area contributed by atoms with Crippen molar-refractivity contribution in [2.45, 2.75) is 6.54 Å². The molecule has 1 heterocycles. The molecule has 0 saturated heterocycles. The molecule has 1 rings (SSSR count). The third-order valence-corrected chi connectivity index (χ3v) is 1.43. The Morgan fingerprint density at radius 2 is 2.50 bits per heavy atom. The fourth-order valence-corrected chi connectivity index (χ4v) is 0.918. The Hall–Kier alpha value is -1.43. The van der Waals surface area contributed by atoms with Crippen molar-refractivity contribution in [3.8, 4) is 0 Å². The number of rotatable bonds is 3. The lowest BCUT2D eigenvalue weighted by Crippen LogP contribution is -2.13. The maximum atomic E-state index is 10.4. The van der Waals surface area contributed by atoms with Crippen LogP contribution >= 0.6 is 0 Å². The van der Waals surface area contributed by atoms with Crippen LogP contribution in [0.15, 0.2) is 6.20 Å². The number of hydrogen-bond acceptors (Lipinski definition) is 4. The van der Waals surface area contributed by atoms with E-state index in [9.17, 15) is 10.1 Å². The van der Waals surface area contributed by atoms with E-state index in [4.69, 9.17) is 5.73 Å². The summed E-state index contributed by atoms with van der Waals surface area (Å²) in [5.74, 6) is -0.203. The second kappa shape index (κ2) is 3.31. The van der Waals surface area contributed by atoms with E-state index in [0.29, 0.717) is 18.8 Å². The SMILES string of the molecule is [CH2]c1cnc([N+](=O)[O-])n1CCN. The highest BCUT2D eigenvalue weighted by Crippen LogP contribution is 2.10. The van der Waals surface area contributed by atoms with E-state index in [1.807, 2.05) is 0 Å². The van der Waals surface area contributed by atoms with E-state index in [-0.39, 0.29) is 5.95 Å². The lowest BCUT2D eigenvalue weighted by Gasteiger charge is -1.99. The maximum Gasteiger partial charge on any atom is 0.434 e. The highest BCUT2D eigenvalue weighted by molar-refractivity contribution is 5.17. The van der Waals surface area contributed by atoms with Crippen molar-refractivity contribution in [2.75, 3.05) is 6.54 Å². The Morgan fingerprint density at radius 1 is 1.83 bits per heavy atom. The Kier molecular flexibility index (Phi) is 2.39. The van der Waals surface area contributed by atoms with Gasteiger partial charge in [-0.05, 0) is 4.92 Å². The largest absolute Gasteiger partial charge is 0.434 e. The summed E-state index contributed by atoms with van der Waals surface area (Å²) in [6.07, 6.45) is 1.35. The van der Waals surface area contributed by atoms with Gasteiger partial charge in [0.05, 0.1) is 6.54 Å². The van der Waals surface area contributed by atoms with Crippen LogP contribution in [-0.2, 0) is 6.54 Å². The third-order valence-electron chi connectivity index (χ3n) is 1.43. The van der Waals surface area contributed by atoms with Crippen molar-refractivity contribution < 1.29 is 4.92 Å². The lowest BCUT2D eigenvalue weighted by molar-refractivity contribution is -0.396. The molecule has 65 valence electrons.